The Hall–Kier alpha value is -2.97. The van der Waals surface area contributed by atoms with Crippen molar-refractivity contribution >= 4 is 16.0 Å². The molecule has 1 heterocycles. The molecule has 140 valence electrons. The average molecular weight is 385 g/mol. The predicted molar refractivity (Wildman–Crippen MR) is 100.0 cm³/mol. The van der Waals surface area contributed by atoms with E-state index in [2.05, 4.69) is 5.10 Å². The summed E-state index contributed by atoms with van der Waals surface area (Å²) in [5.74, 6) is -0.514. The van der Waals surface area contributed by atoms with E-state index in [1.807, 2.05) is 36.5 Å². The lowest BCUT2D eigenvalue weighted by Gasteiger charge is -2.11. The minimum absolute atomic E-state index is 0.121. The van der Waals surface area contributed by atoms with Crippen molar-refractivity contribution in [2.75, 3.05) is 14.1 Å². The SMILES string of the molecule is CN(C)S(=O)(=O)c1ccc(C(=O)OCc2ccc(-n3cccn3)cc2)cc1. The lowest BCUT2D eigenvalue weighted by Crippen LogP contribution is -2.22. The molecule has 3 aromatic rings. The Balaban J connectivity index is 1.62. The van der Waals surface area contributed by atoms with Crippen LogP contribution in [0.1, 0.15) is 15.9 Å². The Morgan fingerprint density at radius 1 is 1.07 bits per heavy atom. The molecule has 3 rings (SSSR count). The lowest BCUT2D eigenvalue weighted by atomic mass is 10.2. The summed E-state index contributed by atoms with van der Waals surface area (Å²) < 4.78 is 32.2. The van der Waals surface area contributed by atoms with Gasteiger partial charge in [-0.3, -0.25) is 0 Å². The highest BCUT2D eigenvalue weighted by Gasteiger charge is 2.17. The van der Waals surface area contributed by atoms with Crippen LogP contribution in [0.2, 0.25) is 0 Å². The normalized spacial score (nSPS) is 11.5. The van der Waals surface area contributed by atoms with E-state index in [0.29, 0.717) is 5.56 Å². The Labute approximate surface area is 157 Å². The van der Waals surface area contributed by atoms with Gasteiger partial charge in [0.05, 0.1) is 16.1 Å². The van der Waals surface area contributed by atoms with Gasteiger partial charge in [-0.05, 0) is 48.0 Å². The standard InChI is InChI=1S/C19H19N3O4S/c1-21(2)27(24,25)18-10-6-16(7-11-18)19(23)26-14-15-4-8-17(9-5-15)22-13-3-12-20-22/h3-13H,14H2,1-2H3. The molecular weight excluding hydrogens is 366 g/mol. The quantitative estimate of drug-likeness (QED) is 0.609. The molecule has 0 bridgehead atoms. The van der Waals surface area contributed by atoms with E-state index in [0.717, 1.165) is 15.6 Å². The second-order valence-corrected chi connectivity index (χ2v) is 8.16. The second-order valence-electron chi connectivity index (χ2n) is 6.01. The molecule has 0 aliphatic heterocycles. The van der Waals surface area contributed by atoms with Gasteiger partial charge in [0.2, 0.25) is 10.0 Å². The minimum Gasteiger partial charge on any atom is -0.457 e. The Morgan fingerprint density at radius 3 is 2.30 bits per heavy atom. The van der Waals surface area contributed by atoms with Gasteiger partial charge in [0.1, 0.15) is 6.61 Å². The van der Waals surface area contributed by atoms with E-state index < -0.39 is 16.0 Å². The summed E-state index contributed by atoms with van der Waals surface area (Å²) in [7, 11) is -0.616. The fourth-order valence-corrected chi connectivity index (χ4v) is 3.27. The second kappa shape index (κ2) is 7.73. The van der Waals surface area contributed by atoms with Crippen LogP contribution in [0.5, 0.6) is 0 Å². The van der Waals surface area contributed by atoms with E-state index in [4.69, 9.17) is 4.74 Å². The fourth-order valence-electron chi connectivity index (χ4n) is 2.37. The smallest absolute Gasteiger partial charge is 0.338 e. The van der Waals surface area contributed by atoms with Crippen LogP contribution in [-0.4, -0.2) is 42.6 Å². The zero-order chi connectivity index (χ0) is 19.4. The van der Waals surface area contributed by atoms with Crippen LogP contribution in [-0.2, 0) is 21.4 Å². The number of carbonyl (C=O) groups excluding carboxylic acids is 1. The molecule has 0 saturated carbocycles. The van der Waals surface area contributed by atoms with Crippen molar-refractivity contribution in [3.05, 3.63) is 78.1 Å². The molecule has 0 saturated heterocycles. The molecule has 7 nitrogen and oxygen atoms in total. The first kappa shape index (κ1) is 18.8. The maximum absolute atomic E-state index is 12.2. The first-order valence-electron chi connectivity index (χ1n) is 8.16. The maximum Gasteiger partial charge on any atom is 0.338 e. The number of carbonyl (C=O) groups is 1. The first-order chi connectivity index (χ1) is 12.9. The van der Waals surface area contributed by atoms with Crippen molar-refractivity contribution in [3.8, 4) is 5.69 Å². The van der Waals surface area contributed by atoms with Crippen LogP contribution in [0.15, 0.2) is 71.9 Å². The molecule has 0 spiro atoms. The monoisotopic (exact) mass is 385 g/mol. The summed E-state index contributed by atoms with van der Waals surface area (Å²) in [6.07, 6.45) is 3.54. The van der Waals surface area contributed by atoms with Crippen molar-refractivity contribution in [2.45, 2.75) is 11.5 Å². The average Bonchev–Trinajstić information content (AvgIpc) is 3.21. The summed E-state index contributed by atoms with van der Waals surface area (Å²) in [5, 5.41) is 4.15. The highest BCUT2D eigenvalue weighted by molar-refractivity contribution is 7.89. The van der Waals surface area contributed by atoms with Crippen molar-refractivity contribution in [3.63, 3.8) is 0 Å². The number of benzene rings is 2. The molecule has 0 unspecified atom stereocenters. The molecule has 0 radical (unpaired) electrons. The highest BCUT2D eigenvalue weighted by atomic mass is 32.2. The van der Waals surface area contributed by atoms with Gasteiger partial charge in [-0.1, -0.05) is 12.1 Å². The van der Waals surface area contributed by atoms with Crippen molar-refractivity contribution in [2.24, 2.45) is 0 Å². The van der Waals surface area contributed by atoms with E-state index in [1.165, 1.54) is 38.4 Å². The molecule has 1 aromatic heterocycles. The van der Waals surface area contributed by atoms with Gasteiger partial charge >= 0.3 is 5.97 Å². The third-order valence-electron chi connectivity index (χ3n) is 3.94. The summed E-state index contributed by atoms with van der Waals surface area (Å²) in [6, 6.07) is 15.0. The van der Waals surface area contributed by atoms with E-state index in [-0.39, 0.29) is 11.5 Å². The molecule has 0 aliphatic rings. The van der Waals surface area contributed by atoms with Crippen LogP contribution in [0, 0.1) is 0 Å². The van der Waals surface area contributed by atoms with E-state index in [9.17, 15) is 13.2 Å². The zero-order valence-corrected chi connectivity index (χ0v) is 15.8. The number of aromatic nitrogens is 2. The van der Waals surface area contributed by atoms with Gasteiger partial charge in [-0.25, -0.2) is 22.2 Å². The summed E-state index contributed by atoms with van der Waals surface area (Å²) in [6.45, 7) is 0.121. The largest absolute Gasteiger partial charge is 0.457 e. The first-order valence-corrected chi connectivity index (χ1v) is 9.60. The Morgan fingerprint density at radius 2 is 1.74 bits per heavy atom. The van der Waals surface area contributed by atoms with Crippen molar-refractivity contribution in [1.29, 1.82) is 0 Å². The van der Waals surface area contributed by atoms with E-state index >= 15 is 0 Å². The maximum atomic E-state index is 12.2. The van der Waals surface area contributed by atoms with Crippen molar-refractivity contribution < 1.29 is 17.9 Å². The number of ether oxygens (including phenoxy) is 1. The third kappa shape index (κ3) is 4.24. The Bertz CT molecular complexity index is 1010. The van der Waals surface area contributed by atoms with Crippen LogP contribution >= 0.6 is 0 Å². The lowest BCUT2D eigenvalue weighted by molar-refractivity contribution is 0.0472. The molecule has 0 fully saturated rings. The molecule has 0 amide bonds. The van der Waals surface area contributed by atoms with Crippen LogP contribution in [0.3, 0.4) is 0 Å². The van der Waals surface area contributed by atoms with Crippen LogP contribution in [0.25, 0.3) is 5.69 Å². The Kier molecular flexibility index (Phi) is 5.38. The van der Waals surface area contributed by atoms with Gasteiger partial charge in [0, 0.05) is 26.5 Å². The van der Waals surface area contributed by atoms with Crippen molar-refractivity contribution in [1.82, 2.24) is 14.1 Å². The van der Waals surface area contributed by atoms with Gasteiger partial charge in [-0.15, -0.1) is 0 Å². The highest BCUT2D eigenvalue weighted by Crippen LogP contribution is 2.15. The molecule has 27 heavy (non-hydrogen) atoms. The predicted octanol–water partition coefficient (Wildman–Crippen LogP) is 2.48. The number of sulfonamides is 1. The summed E-state index contributed by atoms with van der Waals surface area (Å²) in [5.41, 5.74) is 2.04. The topological polar surface area (TPSA) is 81.5 Å². The third-order valence-corrected chi connectivity index (χ3v) is 5.77. The minimum atomic E-state index is -3.52. The fraction of sp³-hybridized carbons (Fsp3) is 0.158. The zero-order valence-electron chi connectivity index (χ0n) is 14.9. The molecule has 0 N–H and O–H groups in total. The molecule has 0 aliphatic carbocycles. The van der Waals surface area contributed by atoms with Gasteiger partial charge in [0.15, 0.2) is 0 Å². The molecule has 0 atom stereocenters. The number of hydrogen-bond acceptors (Lipinski definition) is 5. The van der Waals surface area contributed by atoms with Gasteiger partial charge in [-0.2, -0.15) is 5.10 Å². The number of esters is 1. The number of nitrogens with zero attached hydrogens (tertiary/aromatic N) is 3. The molecule has 2 aromatic carbocycles. The van der Waals surface area contributed by atoms with Gasteiger partial charge in [0.25, 0.3) is 0 Å². The summed E-state index contributed by atoms with van der Waals surface area (Å²) in [4.78, 5) is 12.3. The van der Waals surface area contributed by atoms with Crippen LogP contribution < -0.4 is 0 Å². The molecular formula is C19H19N3O4S. The van der Waals surface area contributed by atoms with E-state index in [1.54, 1.807) is 10.9 Å². The summed E-state index contributed by atoms with van der Waals surface area (Å²) >= 11 is 0. The number of hydrogen-bond donors (Lipinski definition) is 0. The number of rotatable bonds is 6. The molecule has 8 heteroatoms. The van der Waals surface area contributed by atoms with Crippen LogP contribution in [0.4, 0.5) is 0 Å². The van der Waals surface area contributed by atoms with Gasteiger partial charge < -0.3 is 4.74 Å².